The van der Waals surface area contributed by atoms with Crippen molar-refractivity contribution in [2.75, 3.05) is 6.61 Å². The van der Waals surface area contributed by atoms with E-state index in [1.54, 1.807) is 6.07 Å². The molecule has 3 amide bonds. The predicted octanol–water partition coefficient (Wildman–Crippen LogP) is 2.15. The van der Waals surface area contributed by atoms with E-state index >= 15 is 0 Å². The summed E-state index contributed by atoms with van der Waals surface area (Å²) in [5.41, 5.74) is 0.231. The number of hydrogen-bond donors (Lipinski definition) is 2. The molecular weight excluding hydrogens is 315 g/mol. The molecule has 24 heavy (non-hydrogen) atoms. The Bertz CT molecular complexity index is 639. The van der Waals surface area contributed by atoms with E-state index in [0.717, 1.165) is 31.8 Å². The topological polar surface area (TPSA) is 84.5 Å². The van der Waals surface area contributed by atoms with Crippen LogP contribution < -0.4 is 10.6 Å². The fourth-order valence-electron chi connectivity index (χ4n) is 2.41. The molecule has 0 bridgehead atoms. The maximum absolute atomic E-state index is 13.4. The zero-order valence-corrected chi connectivity index (χ0v) is 13.1. The maximum Gasteiger partial charge on any atom is 0.331 e. The number of nitrogens with one attached hydrogen (secondary N) is 2. The first-order valence-electron chi connectivity index (χ1n) is 7.74. The van der Waals surface area contributed by atoms with Crippen molar-refractivity contribution in [1.29, 1.82) is 0 Å². The molecule has 2 rings (SSSR count). The minimum atomic E-state index is -0.801. The predicted molar refractivity (Wildman–Crippen MR) is 85.3 cm³/mol. The number of rotatable bonds is 5. The van der Waals surface area contributed by atoms with Crippen molar-refractivity contribution in [2.45, 2.75) is 31.7 Å². The van der Waals surface area contributed by atoms with Crippen LogP contribution in [0.2, 0.25) is 0 Å². The minimum Gasteiger partial charge on any atom is -0.452 e. The average molecular weight is 334 g/mol. The van der Waals surface area contributed by atoms with Crippen LogP contribution in [0.15, 0.2) is 30.3 Å². The zero-order chi connectivity index (χ0) is 17.4. The van der Waals surface area contributed by atoms with Gasteiger partial charge in [-0.05, 0) is 25.0 Å². The van der Waals surface area contributed by atoms with E-state index in [0.29, 0.717) is 0 Å². The van der Waals surface area contributed by atoms with Crippen molar-refractivity contribution in [3.8, 4) is 0 Å². The van der Waals surface area contributed by atoms with Crippen molar-refractivity contribution >= 4 is 24.0 Å². The molecule has 1 aromatic rings. The molecule has 0 saturated heterocycles. The molecule has 1 aliphatic carbocycles. The second kappa shape index (κ2) is 8.81. The summed E-state index contributed by atoms with van der Waals surface area (Å²) in [6, 6.07) is 5.42. The summed E-state index contributed by atoms with van der Waals surface area (Å²) in [6.45, 7) is -0.585. The molecule has 0 spiro atoms. The number of amides is 3. The van der Waals surface area contributed by atoms with Gasteiger partial charge in [-0.25, -0.2) is 14.0 Å². The van der Waals surface area contributed by atoms with Crippen LogP contribution >= 0.6 is 0 Å². The molecule has 2 N–H and O–H groups in total. The lowest BCUT2D eigenvalue weighted by atomic mass is 10.2. The monoisotopic (exact) mass is 334 g/mol. The number of benzene rings is 1. The van der Waals surface area contributed by atoms with Gasteiger partial charge in [0.1, 0.15) is 5.82 Å². The summed E-state index contributed by atoms with van der Waals surface area (Å²) >= 11 is 0. The van der Waals surface area contributed by atoms with Gasteiger partial charge in [-0.1, -0.05) is 31.0 Å². The molecule has 1 aromatic carbocycles. The molecule has 1 saturated carbocycles. The summed E-state index contributed by atoms with van der Waals surface area (Å²) in [5, 5.41) is 4.78. The molecule has 7 heteroatoms. The summed E-state index contributed by atoms with van der Waals surface area (Å²) in [7, 11) is 0. The molecule has 0 radical (unpaired) electrons. The number of urea groups is 1. The highest BCUT2D eigenvalue weighted by Gasteiger charge is 2.18. The standard InChI is InChI=1S/C17H19FN2O4/c18-14-8-4-1-5-12(14)9-10-16(22)24-11-15(21)20-17(23)19-13-6-2-3-7-13/h1,4-5,8-10,13H,2-3,6-7,11H2,(H2,19,20,21,23)/b10-9+. The second-order valence-corrected chi connectivity index (χ2v) is 5.47. The van der Waals surface area contributed by atoms with Gasteiger partial charge in [0.15, 0.2) is 6.61 Å². The van der Waals surface area contributed by atoms with Gasteiger partial charge in [-0.15, -0.1) is 0 Å². The summed E-state index contributed by atoms with van der Waals surface area (Å²) in [4.78, 5) is 34.6. The molecule has 0 atom stereocenters. The van der Waals surface area contributed by atoms with Crippen LogP contribution in [0, 0.1) is 5.82 Å². The Labute approximate surface area is 139 Å². The third kappa shape index (κ3) is 5.83. The Balaban J connectivity index is 1.70. The third-order valence-corrected chi connectivity index (χ3v) is 3.59. The van der Waals surface area contributed by atoms with Crippen molar-refractivity contribution in [3.05, 3.63) is 41.7 Å². The van der Waals surface area contributed by atoms with E-state index < -0.39 is 30.3 Å². The van der Waals surface area contributed by atoms with E-state index in [4.69, 9.17) is 4.74 Å². The average Bonchev–Trinajstić information content (AvgIpc) is 3.05. The fourth-order valence-corrected chi connectivity index (χ4v) is 2.41. The summed E-state index contributed by atoms with van der Waals surface area (Å²) in [5.74, 6) is -1.99. The number of imide groups is 1. The zero-order valence-electron chi connectivity index (χ0n) is 13.1. The van der Waals surface area contributed by atoms with Gasteiger partial charge in [0.25, 0.3) is 5.91 Å². The molecule has 1 fully saturated rings. The molecule has 0 aromatic heterocycles. The Hall–Kier alpha value is -2.70. The molecule has 128 valence electrons. The Morgan fingerprint density at radius 1 is 1.21 bits per heavy atom. The Kier molecular flexibility index (Phi) is 6.48. The van der Waals surface area contributed by atoms with Crippen LogP contribution in [0.3, 0.4) is 0 Å². The van der Waals surface area contributed by atoms with E-state index in [9.17, 15) is 18.8 Å². The molecule has 0 unspecified atom stereocenters. The first-order valence-corrected chi connectivity index (χ1v) is 7.74. The quantitative estimate of drug-likeness (QED) is 0.638. The van der Waals surface area contributed by atoms with Crippen LogP contribution in [-0.4, -0.2) is 30.6 Å². The van der Waals surface area contributed by atoms with Gasteiger partial charge in [0.2, 0.25) is 0 Å². The number of ether oxygens (including phenoxy) is 1. The smallest absolute Gasteiger partial charge is 0.331 e. The Morgan fingerprint density at radius 3 is 2.62 bits per heavy atom. The normalized spacial score (nSPS) is 14.5. The van der Waals surface area contributed by atoms with Crippen LogP contribution in [0.1, 0.15) is 31.2 Å². The number of halogens is 1. The fraction of sp³-hybridized carbons (Fsp3) is 0.353. The van der Waals surface area contributed by atoms with Crippen LogP contribution in [0.4, 0.5) is 9.18 Å². The van der Waals surface area contributed by atoms with Gasteiger partial charge in [-0.2, -0.15) is 0 Å². The molecule has 0 heterocycles. The van der Waals surface area contributed by atoms with Crippen LogP contribution in [0.25, 0.3) is 6.08 Å². The molecule has 0 aliphatic heterocycles. The first kappa shape index (κ1) is 17.7. The molecule has 1 aliphatic rings. The highest BCUT2D eigenvalue weighted by Crippen LogP contribution is 2.17. The largest absolute Gasteiger partial charge is 0.452 e. The number of esters is 1. The van der Waals surface area contributed by atoms with Crippen molar-refractivity contribution in [1.82, 2.24) is 10.6 Å². The first-order chi connectivity index (χ1) is 11.5. The number of hydrogen-bond acceptors (Lipinski definition) is 4. The Morgan fingerprint density at radius 2 is 1.92 bits per heavy atom. The highest BCUT2D eigenvalue weighted by molar-refractivity contribution is 5.96. The van der Waals surface area contributed by atoms with Gasteiger partial charge in [0.05, 0.1) is 0 Å². The SMILES string of the molecule is O=C(COC(=O)/C=C/c1ccccc1F)NC(=O)NC1CCCC1. The van der Waals surface area contributed by atoms with Gasteiger partial charge in [0, 0.05) is 17.7 Å². The van der Waals surface area contributed by atoms with E-state index in [1.807, 2.05) is 0 Å². The van der Waals surface area contributed by atoms with E-state index in [-0.39, 0.29) is 11.6 Å². The van der Waals surface area contributed by atoms with Gasteiger partial charge < -0.3 is 10.1 Å². The second-order valence-electron chi connectivity index (χ2n) is 5.47. The van der Waals surface area contributed by atoms with Gasteiger partial charge in [-0.3, -0.25) is 10.1 Å². The van der Waals surface area contributed by atoms with E-state index in [2.05, 4.69) is 10.6 Å². The highest BCUT2D eigenvalue weighted by atomic mass is 19.1. The lowest BCUT2D eigenvalue weighted by molar-refractivity contribution is -0.143. The van der Waals surface area contributed by atoms with Gasteiger partial charge >= 0.3 is 12.0 Å². The van der Waals surface area contributed by atoms with Crippen LogP contribution in [-0.2, 0) is 14.3 Å². The lowest BCUT2D eigenvalue weighted by Crippen LogP contribution is -2.44. The van der Waals surface area contributed by atoms with Crippen molar-refractivity contribution in [2.24, 2.45) is 0 Å². The van der Waals surface area contributed by atoms with Crippen molar-refractivity contribution < 1.29 is 23.5 Å². The third-order valence-electron chi connectivity index (χ3n) is 3.59. The summed E-state index contributed by atoms with van der Waals surface area (Å²) in [6.07, 6.45) is 6.19. The van der Waals surface area contributed by atoms with Crippen molar-refractivity contribution in [3.63, 3.8) is 0 Å². The maximum atomic E-state index is 13.4. The minimum absolute atomic E-state index is 0.0871. The van der Waals surface area contributed by atoms with Crippen LogP contribution in [0.5, 0.6) is 0 Å². The molecule has 6 nitrogen and oxygen atoms in total. The summed E-state index contributed by atoms with van der Waals surface area (Å²) < 4.78 is 18.0. The molecular formula is C17H19FN2O4. The number of carbonyl (C=O) groups is 3. The lowest BCUT2D eigenvalue weighted by Gasteiger charge is -2.12. The van der Waals surface area contributed by atoms with E-state index in [1.165, 1.54) is 24.3 Å². The number of carbonyl (C=O) groups excluding carboxylic acids is 3.